The average Bonchev–Trinajstić information content (AvgIpc) is 2.84. The first kappa shape index (κ1) is 15.0. The molecule has 0 aromatic carbocycles. The number of hydrogen-bond acceptors (Lipinski definition) is 4. The molecule has 1 aromatic heterocycles. The second kappa shape index (κ2) is 8.11. The second-order valence-corrected chi connectivity index (χ2v) is 4.61. The van der Waals surface area contributed by atoms with Crippen molar-refractivity contribution in [2.24, 2.45) is 0 Å². The summed E-state index contributed by atoms with van der Waals surface area (Å²) >= 11 is 1.27. The van der Waals surface area contributed by atoms with E-state index in [2.05, 4.69) is 21.5 Å². The summed E-state index contributed by atoms with van der Waals surface area (Å²) in [5.41, 5.74) is 0.0405. The van der Waals surface area contributed by atoms with E-state index in [1.807, 2.05) is 0 Å². The maximum atomic E-state index is 11.3. The Labute approximate surface area is 115 Å². The maximum Gasteiger partial charge on any atom is 0.355 e. The fourth-order valence-electron chi connectivity index (χ4n) is 1.26. The molecule has 7 heteroatoms. The van der Waals surface area contributed by atoms with Crippen LogP contribution in [0.15, 0.2) is 5.38 Å². The largest absolute Gasteiger partial charge is 0.476 e. The number of hydrogen-bond donors (Lipinski definition) is 3. The number of nitrogens with one attached hydrogen (secondary N) is 2. The average molecular weight is 281 g/mol. The van der Waals surface area contributed by atoms with Gasteiger partial charge in [0.2, 0.25) is 0 Å². The number of aromatic nitrogens is 1. The molecule has 2 amide bonds. The van der Waals surface area contributed by atoms with Crippen molar-refractivity contribution >= 4 is 23.3 Å². The number of urea groups is 1. The number of unbranched alkanes of at least 4 members (excludes halogenated alkanes) is 1. The number of carbonyl (C=O) groups is 2. The molecule has 0 unspecified atom stereocenters. The Morgan fingerprint density at radius 3 is 2.79 bits per heavy atom. The van der Waals surface area contributed by atoms with Crippen molar-refractivity contribution in [2.75, 3.05) is 13.1 Å². The van der Waals surface area contributed by atoms with Crippen LogP contribution in [0.2, 0.25) is 0 Å². The van der Waals surface area contributed by atoms with Gasteiger partial charge in [0.1, 0.15) is 0 Å². The smallest absolute Gasteiger partial charge is 0.355 e. The minimum Gasteiger partial charge on any atom is -0.476 e. The number of carboxylic acids is 1. The number of carbonyl (C=O) groups excluding carboxylic acids is 1. The van der Waals surface area contributed by atoms with Crippen LogP contribution in [0, 0.1) is 12.3 Å². The highest BCUT2D eigenvalue weighted by Crippen LogP contribution is 2.09. The normalized spacial score (nSPS) is 9.63. The molecule has 0 atom stereocenters. The first-order valence-electron chi connectivity index (χ1n) is 5.76. The van der Waals surface area contributed by atoms with Crippen LogP contribution < -0.4 is 10.6 Å². The van der Waals surface area contributed by atoms with Crippen LogP contribution in [0.25, 0.3) is 0 Å². The van der Waals surface area contributed by atoms with Crippen molar-refractivity contribution < 1.29 is 14.7 Å². The number of carboxylic acid groups (broad SMARTS) is 1. The van der Waals surface area contributed by atoms with Crippen LogP contribution in [0.3, 0.4) is 0 Å². The van der Waals surface area contributed by atoms with E-state index in [0.29, 0.717) is 30.9 Å². The minimum absolute atomic E-state index is 0.0405. The predicted octanol–water partition coefficient (Wildman–Crippen LogP) is 1.10. The van der Waals surface area contributed by atoms with E-state index in [1.165, 1.54) is 16.7 Å². The van der Waals surface area contributed by atoms with Crippen molar-refractivity contribution in [3.8, 4) is 12.3 Å². The Hall–Kier alpha value is -2.07. The summed E-state index contributed by atoms with van der Waals surface area (Å²) < 4.78 is 0. The van der Waals surface area contributed by atoms with Gasteiger partial charge in [-0.05, 0) is 6.42 Å². The van der Waals surface area contributed by atoms with E-state index in [4.69, 9.17) is 11.5 Å². The number of terminal acetylenes is 1. The molecule has 1 rings (SSSR count). The Balaban J connectivity index is 2.17. The number of rotatable bonds is 7. The van der Waals surface area contributed by atoms with Crippen LogP contribution in [0.1, 0.15) is 28.3 Å². The van der Waals surface area contributed by atoms with Gasteiger partial charge in [-0.3, -0.25) is 0 Å². The zero-order chi connectivity index (χ0) is 14.1. The third-order valence-corrected chi connectivity index (χ3v) is 3.09. The van der Waals surface area contributed by atoms with Crippen LogP contribution in [0.4, 0.5) is 4.79 Å². The van der Waals surface area contributed by atoms with Crippen LogP contribution in [0.5, 0.6) is 0 Å². The molecular formula is C12H15N3O3S. The molecule has 3 N–H and O–H groups in total. The van der Waals surface area contributed by atoms with Crippen molar-refractivity contribution in [1.29, 1.82) is 0 Å². The molecule has 0 spiro atoms. The van der Waals surface area contributed by atoms with Gasteiger partial charge in [-0.15, -0.1) is 23.7 Å². The van der Waals surface area contributed by atoms with E-state index in [9.17, 15) is 9.59 Å². The highest BCUT2D eigenvalue weighted by Gasteiger charge is 2.08. The first-order valence-corrected chi connectivity index (χ1v) is 6.64. The van der Waals surface area contributed by atoms with Gasteiger partial charge in [-0.1, -0.05) is 0 Å². The molecule has 0 aliphatic rings. The SMILES string of the molecule is C#CCCCNC(=O)NCCc1nc(C(=O)O)cs1. The molecule has 19 heavy (non-hydrogen) atoms. The lowest BCUT2D eigenvalue weighted by atomic mass is 10.3. The predicted molar refractivity (Wildman–Crippen MR) is 72.2 cm³/mol. The monoisotopic (exact) mass is 281 g/mol. The standard InChI is InChI=1S/C12H15N3O3S/c1-2-3-4-6-13-12(18)14-7-5-10-15-9(8-19-10)11(16)17/h1,8H,3-7H2,(H,16,17)(H2,13,14,18). The summed E-state index contributed by atoms with van der Waals surface area (Å²) in [7, 11) is 0. The van der Waals surface area contributed by atoms with Crippen molar-refractivity contribution in [3.05, 3.63) is 16.1 Å². The number of amides is 2. The highest BCUT2D eigenvalue weighted by molar-refractivity contribution is 7.09. The zero-order valence-corrected chi connectivity index (χ0v) is 11.1. The van der Waals surface area contributed by atoms with Gasteiger partial charge in [-0.25, -0.2) is 14.6 Å². The molecule has 6 nitrogen and oxygen atoms in total. The van der Waals surface area contributed by atoms with Gasteiger partial charge < -0.3 is 15.7 Å². The van der Waals surface area contributed by atoms with Crippen molar-refractivity contribution in [2.45, 2.75) is 19.3 Å². The molecule has 0 bridgehead atoms. The van der Waals surface area contributed by atoms with Gasteiger partial charge >= 0.3 is 12.0 Å². The fraction of sp³-hybridized carbons (Fsp3) is 0.417. The lowest BCUT2D eigenvalue weighted by Crippen LogP contribution is -2.37. The first-order chi connectivity index (χ1) is 9.13. The summed E-state index contributed by atoms with van der Waals surface area (Å²) in [5, 5.41) is 16.2. The van der Waals surface area contributed by atoms with Crippen molar-refractivity contribution in [1.82, 2.24) is 15.6 Å². The van der Waals surface area contributed by atoms with Gasteiger partial charge in [-0.2, -0.15) is 0 Å². The second-order valence-electron chi connectivity index (χ2n) is 3.67. The molecule has 1 aromatic rings. The van der Waals surface area contributed by atoms with Crippen molar-refractivity contribution in [3.63, 3.8) is 0 Å². The zero-order valence-electron chi connectivity index (χ0n) is 10.3. The molecule has 102 valence electrons. The number of aromatic carboxylic acids is 1. The van der Waals surface area contributed by atoms with E-state index in [1.54, 1.807) is 0 Å². The van der Waals surface area contributed by atoms with E-state index < -0.39 is 5.97 Å². The summed E-state index contributed by atoms with van der Waals surface area (Å²) in [6.07, 6.45) is 6.98. The maximum absolute atomic E-state index is 11.3. The van der Waals surface area contributed by atoms with E-state index >= 15 is 0 Å². The lowest BCUT2D eigenvalue weighted by molar-refractivity contribution is 0.0691. The summed E-state index contributed by atoms with van der Waals surface area (Å²) in [5.74, 6) is 1.45. The third-order valence-electron chi connectivity index (χ3n) is 2.18. The third kappa shape index (κ3) is 5.88. The molecule has 1 heterocycles. The summed E-state index contributed by atoms with van der Waals surface area (Å²) in [4.78, 5) is 25.9. The molecule has 0 aliphatic carbocycles. The number of thiazole rings is 1. The van der Waals surface area contributed by atoms with Gasteiger partial charge in [0.05, 0.1) is 5.01 Å². The molecule has 0 saturated carbocycles. The van der Waals surface area contributed by atoms with Crippen LogP contribution in [-0.2, 0) is 6.42 Å². The lowest BCUT2D eigenvalue weighted by Gasteiger charge is -2.05. The Morgan fingerprint density at radius 2 is 2.16 bits per heavy atom. The van der Waals surface area contributed by atoms with Gasteiger partial charge in [0, 0.05) is 31.3 Å². The number of nitrogens with zero attached hydrogens (tertiary/aromatic N) is 1. The molecule has 0 saturated heterocycles. The summed E-state index contributed by atoms with van der Waals surface area (Å²) in [6, 6.07) is -0.257. The molecule has 0 radical (unpaired) electrons. The molecular weight excluding hydrogens is 266 g/mol. The Bertz CT molecular complexity index is 479. The Morgan fingerprint density at radius 1 is 1.42 bits per heavy atom. The van der Waals surface area contributed by atoms with Gasteiger partial charge in [0.25, 0.3) is 0 Å². The fourth-order valence-corrected chi connectivity index (χ4v) is 2.03. The minimum atomic E-state index is -1.04. The van der Waals surface area contributed by atoms with Crippen LogP contribution in [-0.4, -0.2) is 35.2 Å². The highest BCUT2D eigenvalue weighted by atomic mass is 32.1. The quantitative estimate of drug-likeness (QED) is 0.515. The van der Waals surface area contributed by atoms with E-state index in [0.717, 1.165) is 6.42 Å². The summed E-state index contributed by atoms with van der Waals surface area (Å²) in [6.45, 7) is 0.948. The van der Waals surface area contributed by atoms with Crippen LogP contribution >= 0.6 is 11.3 Å². The topological polar surface area (TPSA) is 91.3 Å². The Kier molecular flexibility index (Phi) is 6.39. The van der Waals surface area contributed by atoms with E-state index in [-0.39, 0.29) is 11.7 Å². The molecule has 0 aliphatic heterocycles. The van der Waals surface area contributed by atoms with Gasteiger partial charge in [0.15, 0.2) is 5.69 Å². The molecule has 0 fully saturated rings.